The number of hydrogen-bond acceptors (Lipinski definition) is 5. The van der Waals surface area contributed by atoms with E-state index in [0.29, 0.717) is 0 Å². The normalized spacial score (nSPS) is 9.84. The summed E-state index contributed by atoms with van der Waals surface area (Å²) in [7, 11) is 0. The zero-order chi connectivity index (χ0) is 13.7. The van der Waals surface area contributed by atoms with E-state index in [1.807, 2.05) is 17.5 Å². The number of anilines is 1. The Bertz CT molecular complexity index is 617. The Hall–Kier alpha value is -2.39. The van der Waals surface area contributed by atoms with Crippen LogP contribution in [0.4, 0.5) is 11.4 Å². The van der Waals surface area contributed by atoms with Crippen molar-refractivity contribution in [3.63, 3.8) is 0 Å². The van der Waals surface area contributed by atoms with Gasteiger partial charge in [-0.15, -0.1) is 11.3 Å². The second-order valence-electron chi connectivity index (χ2n) is 3.86. The van der Waals surface area contributed by atoms with E-state index in [-0.39, 0.29) is 11.3 Å². The number of nitriles is 1. The molecule has 0 aliphatic heterocycles. The highest BCUT2D eigenvalue weighted by Crippen LogP contribution is 2.21. The van der Waals surface area contributed by atoms with Gasteiger partial charge in [-0.3, -0.25) is 10.1 Å². The van der Waals surface area contributed by atoms with Gasteiger partial charge in [0.05, 0.1) is 4.92 Å². The molecule has 0 fully saturated rings. The molecule has 0 amide bonds. The average molecular weight is 273 g/mol. The van der Waals surface area contributed by atoms with E-state index < -0.39 is 4.92 Å². The largest absolute Gasteiger partial charge is 0.385 e. The summed E-state index contributed by atoms with van der Waals surface area (Å²) in [5.74, 6) is 0. The van der Waals surface area contributed by atoms with Gasteiger partial charge < -0.3 is 5.32 Å². The number of nitro groups is 1. The number of nitrogens with zero attached hydrogens (tertiary/aromatic N) is 2. The highest BCUT2D eigenvalue weighted by Gasteiger charge is 2.13. The summed E-state index contributed by atoms with van der Waals surface area (Å²) in [6.45, 7) is 0.725. The molecule has 0 spiro atoms. The van der Waals surface area contributed by atoms with Crippen LogP contribution in [-0.4, -0.2) is 11.5 Å². The van der Waals surface area contributed by atoms with Crippen LogP contribution in [-0.2, 0) is 6.42 Å². The molecule has 0 bridgehead atoms. The Kier molecular flexibility index (Phi) is 4.11. The fraction of sp³-hybridized carbons (Fsp3) is 0.154. The predicted octanol–water partition coefficient (Wildman–Crippen LogP) is 3.18. The van der Waals surface area contributed by atoms with Crippen LogP contribution in [0.3, 0.4) is 0 Å². The molecule has 1 aromatic heterocycles. The quantitative estimate of drug-likeness (QED) is 0.670. The number of benzene rings is 1. The van der Waals surface area contributed by atoms with E-state index >= 15 is 0 Å². The first-order valence-electron chi connectivity index (χ1n) is 5.65. The lowest BCUT2D eigenvalue weighted by Crippen LogP contribution is -2.04. The lowest BCUT2D eigenvalue weighted by atomic mass is 10.1. The minimum atomic E-state index is -0.548. The second-order valence-corrected chi connectivity index (χ2v) is 4.89. The van der Waals surface area contributed by atoms with E-state index in [1.165, 1.54) is 17.0 Å². The first kappa shape index (κ1) is 13.1. The molecule has 5 nitrogen and oxygen atoms in total. The Morgan fingerprint density at radius 1 is 1.42 bits per heavy atom. The predicted molar refractivity (Wildman–Crippen MR) is 74.3 cm³/mol. The summed E-state index contributed by atoms with van der Waals surface area (Å²) < 4.78 is 0. The molecule has 0 aliphatic rings. The van der Waals surface area contributed by atoms with Crippen LogP contribution in [0.2, 0.25) is 0 Å². The Balaban J connectivity index is 2.01. The maximum Gasteiger partial charge on any atom is 0.287 e. The van der Waals surface area contributed by atoms with Gasteiger partial charge in [-0.05, 0) is 30.0 Å². The van der Waals surface area contributed by atoms with E-state index in [1.54, 1.807) is 17.4 Å². The highest BCUT2D eigenvalue weighted by atomic mass is 32.1. The molecule has 96 valence electrons. The Labute approximate surface area is 114 Å². The van der Waals surface area contributed by atoms with E-state index in [9.17, 15) is 10.1 Å². The number of nitrogens with one attached hydrogen (secondary N) is 1. The highest BCUT2D eigenvalue weighted by molar-refractivity contribution is 7.09. The molecule has 0 saturated heterocycles. The van der Waals surface area contributed by atoms with Crippen LogP contribution in [0, 0.1) is 21.4 Å². The maximum atomic E-state index is 10.7. The fourth-order valence-corrected chi connectivity index (χ4v) is 2.39. The SMILES string of the molecule is N#Cc1cc(NCCc2cccs2)ccc1[N+](=O)[O-]. The van der Waals surface area contributed by atoms with Crippen molar-refractivity contribution in [2.24, 2.45) is 0 Å². The third kappa shape index (κ3) is 3.30. The lowest BCUT2D eigenvalue weighted by molar-refractivity contribution is -0.385. The molecule has 19 heavy (non-hydrogen) atoms. The fourth-order valence-electron chi connectivity index (χ4n) is 1.68. The molecular formula is C13H11N3O2S. The molecule has 2 rings (SSSR count). The van der Waals surface area contributed by atoms with Crippen molar-refractivity contribution in [2.45, 2.75) is 6.42 Å². The average Bonchev–Trinajstić information content (AvgIpc) is 2.91. The van der Waals surface area contributed by atoms with Crippen LogP contribution < -0.4 is 5.32 Å². The maximum absolute atomic E-state index is 10.7. The van der Waals surface area contributed by atoms with Crippen LogP contribution in [0.5, 0.6) is 0 Å². The molecule has 0 unspecified atom stereocenters. The third-order valence-electron chi connectivity index (χ3n) is 2.59. The van der Waals surface area contributed by atoms with Crippen molar-refractivity contribution in [1.29, 1.82) is 5.26 Å². The topological polar surface area (TPSA) is 79.0 Å². The summed E-state index contributed by atoms with van der Waals surface area (Å²) in [5.41, 5.74) is 0.635. The lowest BCUT2D eigenvalue weighted by Gasteiger charge is -2.05. The van der Waals surface area contributed by atoms with Crippen molar-refractivity contribution >= 4 is 22.7 Å². The summed E-state index contributed by atoms with van der Waals surface area (Å²) in [4.78, 5) is 11.4. The summed E-state index contributed by atoms with van der Waals surface area (Å²) in [6, 6.07) is 10.4. The minimum Gasteiger partial charge on any atom is -0.385 e. The van der Waals surface area contributed by atoms with E-state index in [4.69, 9.17) is 5.26 Å². The molecule has 0 radical (unpaired) electrons. The Morgan fingerprint density at radius 2 is 2.26 bits per heavy atom. The van der Waals surface area contributed by atoms with Gasteiger partial charge in [0.25, 0.3) is 5.69 Å². The number of hydrogen-bond donors (Lipinski definition) is 1. The van der Waals surface area contributed by atoms with Crippen LogP contribution in [0.15, 0.2) is 35.7 Å². The molecule has 2 aromatic rings. The standard InChI is InChI=1S/C13H11N3O2S/c14-9-10-8-11(3-4-13(10)16(17)18)15-6-5-12-2-1-7-19-12/h1-4,7-8,15H,5-6H2. The minimum absolute atomic E-state index is 0.0751. The molecular weight excluding hydrogens is 262 g/mol. The first-order chi connectivity index (χ1) is 9.20. The van der Waals surface area contributed by atoms with Gasteiger partial charge >= 0.3 is 0 Å². The van der Waals surface area contributed by atoms with E-state index in [0.717, 1.165) is 18.7 Å². The van der Waals surface area contributed by atoms with Crippen LogP contribution >= 0.6 is 11.3 Å². The molecule has 0 saturated carbocycles. The van der Waals surface area contributed by atoms with Gasteiger partial charge in [-0.25, -0.2) is 0 Å². The summed E-state index contributed by atoms with van der Waals surface area (Å²) in [6.07, 6.45) is 0.885. The van der Waals surface area contributed by atoms with Gasteiger partial charge in [0.2, 0.25) is 0 Å². The van der Waals surface area contributed by atoms with Crippen molar-refractivity contribution < 1.29 is 4.92 Å². The van der Waals surface area contributed by atoms with Gasteiger partial charge in [0.1, 0.15) is 11.6 Å². The van der Waals surface area contributed by atoms with Gasteiger partial charge in [-0.2, -0.15) is 5.26 Å². The third-order valence-corrected chi connectivity index (χ3v) is 3.53. The van der Waals surface area contributed by atoms with Crippen LogP contribution in [0.1, 0.15) is 10.4 Å². The number of nitro benzene ring substituents is 1. The summed E-state index contributed by atoms with van der Waals surface area (Å²) >= 11 is 1.69. The molecule has 1 N–H and O–H groups in total. The van der Waals surface area contributed by atoms with Gasteiger partial charge in [-0.1, -0.05) is 6.07 Å². The molecule has 0 atom stereocenters. The smallest absolute Gasteiger partial charge is 0.287 e. The summed E-state index contributed by atoms with van der Waals surface area (Å²) in [5, 5.41) is 24.8. The number of thiophene rings is 1. The molecule has 1 heterocycles. The molecule has 1 aromatic carbocycles. The van der Waals surface area contributed by atoms with Crippen molar-refractivity contribution in [2.75, 3.05) is 11.9 Å². The van der Waals surface area contributed by atoms with Crippen LogP contribution in [0.25, 0.3) is 0 Å². The van der Waals surface area contributed by atoms with Crippen molar-refractivity contribution in [1.82, 2.24) is 0 Å². The Morgan fingerprint density at radius 3 is 2.89 bits per heavy atom. The first-order valence-corrected chi connectivity index (χ1v) is 6.53. The molecule has 0 aliphatic carbocycles. The van der Waals surface area contributed by atoms with Crippen molar-refractivity contribution in [3.8, 4) is 6.07 Å². The zero-order valence-corrected chi connectivity index (χ0v) is 10.8. The van der Waals surface area contributed by atoms with Gasteiger partial charge in [0, 0.05) is 23.2 Å². The monoisotopic (exact) mass is 273 g/mol. The second kappa shape index (κ2) is 5.98. The number of rotatable bonds is 5. The van der Waals surface area contributed by atoms with Crippen molar-refractivity contribution in [3.05, 3.63) is 56.3 Å². The van der Waals surface area contributed by atoms with E-state index in [2.05, 4.69) is 11.4 Å². The molecule has 6 heteroatoms. The van der Waals surface area contributed by atoms with Gasteiger partial charge in [0.15, 0.2) is 0 Å². The zero-order valence-electron chi connectivity index (χ0n) is 10.00.